The highest BCUT2D eigenvalue weighted by molar-refractivity contribution is 6.31. The summed E-state index contributed by atoms with van der Waals surface area (Å²) in [6, 6.07) is 13.8. The Morgan fingerprint density at radius 2 is 1.95 bits per heavy atom. The lowest BCUT2D eigenvalue weighted by Gasteiger charge is -2.41. The van der Waals surface area contributed by atoms with E-state index < -0.39 is 0 Å². The van der Waals surface area contributed by atoms with Crippen molar-refractivity contribution in [1.29, 1.82) is 0 Å². The van der Waals surface area contributed by atoms with Crippen molar-refractivity contribution in [2.24, 2.45) is 0 Å². The molecule has 0 spiro atoms. The van der Waals surface area contributed by atoms with Crippen LogP contribution in [0.4, 0.5) is 11.4 Å². The average Bonchev–Trinajstić information content (AvgIpc) is 2.47. The molecule has 1 amide bonds. The molecule has 20 heavy (non-hydrogen) atoms. The van der Waals surface area contributed by atoms with E-state index in [-0.39, 0.29) is 11.9 Å². The van der Waals surface area contributed by atoms with Gasteiger partial charge in [0.25, 0.3) is 0 Å². The van der Waals surface area contributed by atoms with Gasteiger partial charge in [0, 0.05) is 18.0 Å². The Hall–Kier alpha value is -2.00. The zero-order chi connectivity index (χ0) is 13.7. The number of benzene rings is 2. The van der Waals surface area contributed by atoms with Crippen LogP contribution in [0.5, 0.6) is 0 Å². The molecule has 2 aromatic carbocycles. The maximum atomic E-state index is 12.3. The normalized spacial score (nSPS) is 19.8. The molecule has 1 atom stereocenters. The molecular formula is C16H13ClN2O. The molecule has 2 aliphatic heterocycles. The van der Waals surface area contributed by atoms with Gasteiger partial charge in [-0.15, -0.1) is 0 Å². The Labute approximate surface area is 122 Å². The van der Waals surface area contributed by atoms with Crippen molar-refractivity contribution in [3.05, 3.63) is 58.6 Å². The molecule has 4 heteroatoms. The number of hydrogen-bond acceptors (Lipinski definition) is 2. The molecule has 4 rings (SSSR count). The largest absolute Gasteiger partial charge is 0.353 e. The molecular weight excluding hydrogens is 272 g/mol. The predicted octanol–water partition coefficient (Wildman–Crippen LogP) is 3.22. The van der Waals surface area contributed by atoms with Crippen molar-refractivity contribution in [3.8, 4) is 0 Å². The van der Waals surface area contributed by atoms with Crippen molar-refractivity contribution < 1.29 is 4.79 Å². The van der Waals surface area contributed by atoms with E-state index in [0.29, 0.717) is 5.02 Å². The fourth-order valence-corrected chi connectivity index (χ4v) is 3.24. The molecule has 0 fully saturated rings. The Morgan fingerprint density at radius 3 is 2.80 bits per heavy atom. The summed E-state index contributed by atoms with van der Waals surface area (Å²) in [4.78, 5) is 14.5. The number of rotatable bonds is 0. The molecule has 2 aromatic rings. The van der Waals surface area contributed by atoms with Crippen LogP contribution in [0.1, 0.15) is 11.1 Å². The number of carbonyl (C=O) groups is 1. The van der Waals surface area contributed by atoms with Crippen LogP contribution in [0.15, 0.2) is 42.5 Å². The molecule has 0 saturated carbocycles. The first-order valence-corrected chi connectivity index (χ1v) is 7.04. The number of nitrogens with one attached hydrogen (secondary N) is 1. The van der Waals surface area contributed by atoms with Crippen molar-refractivity contribution in [2.75, 3.05) is 10.2 Å². The molecule has 0 saturated heterocycles. The third-order valence-electron chi connectivity index (χ3n) is 4.08. The van der Waals surface area contributed by atoms with Crippen molar-refractivity contribution in [3.63, 3.8) is 0 Å². The van der Waals surface area contributed by atoms with Gasteiger partial charge in [-0.3, -0.25) is 4.79 Å². The summed E-state index contributed by atoms with van der Waals surface area (Å²) in [5.41, 5.74) is 4.39. The second-order valence-corrected chi connectivity index (χ2v) is 5.70. The van der Waals surface area contributed by atoms with Crippen molar-refractivity contribution in [2.45, 2.75) is 19.0 Å². The second-order valence-electron chi connectivity index (χ2n) is 5.27. The summed E-state index contributed by atoms with van der Waals surface area (Å²) in [6.45, 7) is 0.752. The minimum absolute atomic E-state index is 0.0642. The van der Waals surface area contributed by atoms with Crippen LogP contribution < -0.4 is 10.2 Å². The monoisotopic (exact) mass is 284 g/mol. The number of amides is 1. The molecule has 100 valence electrons. The Balaban J connectivity index is 1.84. The van der Waals surface area contributed by atoms with Gasteiger partial charge in [-0.05, 0) is 29.3 Å². The summed E-state index contributed by atoms with van der Waals surface area (Å²) >= 11 is 6.11. The van der Waals surface area contributed by atoms with E-state index in [0.717, 1.165) is 24.3 Å². The van der Waals surface area contributed by atoms with Crippen LogP contribution in [0.2, 0.25) is 5.02 Å². The average molecular weight is 285 g/mol. The Bertz CT molecular complexity index is 713. The van der Waals surface area contributed by atoms with Crippen LogP contribution in [-0.4, -0.2) is 11.9 Å². The van der Waals surface area contributed by atoms with Gasteiger partial charge in [0.15, 0.2) is 0 Å². The van der Waals surface area contributed by atoms with Crippen LogP contribution in [-0.2, 0) is 17.8 Å². The topological polar surface area (TPSA) is 32.3 Å². The second kappa shape index (κ2) is 4.25. The summed E-state index contributed by atoms with van der Waals surface area (Å²) in [7, 11) is 0. The van der Waals surface area contributed by atoms with E-state index in [4.69, 9.17) is 11.6 Å². The first-order chi connectivity index (χ1) is 9.72. The lowest BCUT2D eigenvalue weighted by molar-refractivity contribution is -0.117. The number of halogens is 1. The first-order valence-electron chi connectivity index (χ1n) is 6.66. The molecule has 0 bridgehead atoms. The number of nitrogens with zero attached hydrogens (tertiary/aromatic N) is 1. The summed E-state index contributed by atoms with van der Waals surface area (Å²) in [5.74, 6) is 0.0642. The number of fused-ring (bicyclic) bond motifs is 4. The summed E-state index contributed by atoms with van der Waals surface area (Å²) < 4.78 is 0. The fourth-order valence-electron chi connectivity index (χ4n) is 3.07. The van der Waals surface area contributed by atoms with Crippen molar-refractivity contribution >= 4 is 28.9 Å². The SMILES string of the molecule is O=C1Nc2ccc(Cl)cc2N2Cc3ccccc3CC12. The zero-order valence-corrected chi connectivity index (χ0v) is 11.5. The van der Waals surface area contributed by atoms with Crippen molar-refractivity contribution in [1.82, 2.24) is 0 Å². The summed E-state index contributed by atoms with van der Waals surface area (Å²) in [5, 5.41) is 3.67. The van der Waals surface area contributed by atoms with Gasteiger partial charge in [0.2, 0.25) is 5.91 Å². The highest BCUT2D eigenvalue weighted by Gasteiger charge is 2.36. The van der Waals surface area contributed by atoms with Gasteiger partial charge in [0.1, 0.15) is 6.04 Å². The molecule has 3 nitrogen and oxygen atoms in total. The van der Waals surface area contributed by atoms with E-state index in [1.54, 1.807) is 6.07 Å². The fraction of sp³-hybridized carbons (Fsp3) is 0.188. The predicted molar refractivity (Wildman–Crippen MR) is 80.2 cm³/mol. The molecule has 0 aliphatic carbocycles. The van der Waals surface area contributed by atoms with Crippen LogP contribution in [0.3, 0.4) is 0 Å². The number of hydrogen-bond donors (Lipinski definition) is 1. The smallest absolute Gasteiger partial charge is 0.247 e. The van der Waals surface area contributed by atoms with Gasteiger partial charge >= 0.3 is 0 Å². The highest BCUT2D eigenvalue weighted by Crippen LogP contribution is 2.38. The Kier molecular flexibility index (Phi) is 2.51. The van der Waals surface area contributed by atoms with Crippen LogP contribution in [0.25, 0.3) is 0 Å². The van der Waals surface area contributed by atoms with Crippen LogP contribution >= 0.6 is 11.6 Å². The molecule has 0 radical (unpaired) electrons. The van der Waals surface area contributed by atoms with Crippen LogP contribution in [0, 0.1) is 0 Å². The van der Waals surface area contributed by atoms with Gasteiger partial charge in [-0.2, -0.15) is 0 Å². The number of carbonyl (C=O) groups excluding carboxylic acids is 1. The standard InChI is InChI=1S/C16H13ClN2O/c17-12-5-6-13-14(8-12)19-9-11-4-2-1-3-10(11)7-15(19)16(20)18-13/h1-6,8,15H,7,9H2,(H,18,20). The van der Waals surface area contributed by atoms with E-state index in [2.05, 4.69) is 22.3 Å². The quantitative estimate of drug-likeness (QED) is 0.805. The molecule has 1 N–H and O–H groups in total. The third-order valence-corrected chi connectivity index (χ3v) is 4.31. The zero-order valence-electron chi connectivity index (χ0n) is 10.8. The molecule has 1 unspecified atom stereocenters. The molecule has 0 aromatic heterocycles. The minimum Gasteiger partial charge on any atom is -0.353 e. The number of anilines is 2. The van der Waals surface area contributed by atoms with E-state index in [9.17, 15) is 4.79 Å². The lowest BCUT2D eigenvalue weighted by atomic mass is 9.91. The van der Waals surface area contributed by atoms with Gasteiger partial charge in [-0.25, -0.2) is 0 Å². The van der Waals surface area contributed by atoms with E-state index in [1.165, 1.54) is 11.1 Å². The van der Waals surface area contributed by atoms with E-state index >= 15 is 0 Å². The Morgan fingerprint density at radius 1 is 1.15 bits per heavy atom. The molecule has 2 aliphatic rings. The van der Waals surface area contributed by atoms with Gasteiger partial charge < -0.3 is 10.2 Å². The third kappa shape index (κ3) is 1.70. The van der Waals surface area contributed by atoms with Gasteiger partial charge in [-0.1, -0.05) is 35.9 Å². The summed E-state index contributed by atoms with van der Waals surface area (Å²) in [6.07, 6.45) is 0.744. The minimum atomic E-state index is -0.143. The maximum Gasteiger partial charge on any atom is 0.247 e. The lowest BCUT2D eigenvalue weighted by Crippen LogP contribution is -2.51. The first kappa shape index (κ1) is 11.8. The highest BCUT2D eigenvalue weighted by atomic mass is 35.5. The maximum absolute atomic E-state index is 12.3. The van der Waals surface area contributed by atoms with Gasteiger partial charge in [0.05, 0.1) is 11.4 Å². The van der Waals surface area contributed by atoms with E-state index in [1.807, 2.05) is 24.3 Å². The molecule has 2 heterocycles.